The number of rotatable bonds is 7. The van der Waals surface area contributed by atoms with E-state index in [4.69, 9.17) is 4.74 Å². The van der Waals surface area contributed by atoms with Crippen LogP contribution in [0.1, 0.15) is 35.4 Å². The predicted octanol–water partition coefficient (Wildman–Crippen LogP) is 2.58. The number of carbonyl (C=O) groups is 2. The first kappa shape index (κ1) is 23.7. The third kappa shape index (κ3) is 5.23. The van der Waals surface area contributed by atoms with Crippen molar-refractivity contribution in [3.05, 3.63) is 46.7 Å². The highest BCUT2D eigenvalue weighted by molar-refractivity contribution is 7.89. The van der Waals surface area contributed by atoms with Gasteiger partial charge in [0.1, 0.15) is 11.8 Å². The second kappa shape index (κ2) is 10.2. The van der Waals surface area contributed by atoms with E-state index in [0.717, 1.165) is 12.8 Å². The quantitative estimate of drug-likeness (QED) is 0.642. The van der Waals surface area contributed by atoms with E-state index in [1.165, 1.54) is 22.8 Å². The van der Waals surface area contributed by atoms with Crippen molar-refractivity contribution in [1.29, 1.82) is 0 Å². The van der Waals surface area contributed by atoms with Gasteiger partial charge in [-0.1, -0.05) is 6.07 Å². The molecule has 2 aliphatic heterocycles. The van der Waals surface area contributed by atoms with E-state index in [0.29, 0.717) is 49.6 Å². The maximum absolute atomic E-state index is 13.3. The Bertz CT molecular complexity index is 1060. The summed E-state index contributed by atoms with van der Waals surface area (Å²) in [6.07, 6.45) is 2.94. The SMILES string of the molecule is COc1ccc(S(=O)(=O)N2CCC([C@@H](NC(=O)c3cccs3)C(=O)N3CCCC3)CC2)cc1. The van der Waals surface area contributed by atoms with Crippen LogP contribution in [-0.4, -0.2) is 68.8 Å². The summed E-state index contributed by atoms with van der Waals surface area (Å²) in [6, 6.07) is 9.24. The third-order valence-corrected chi connectivity index (χ3v) is 9.16. The molecule has 0 spiro atoms. The molecule has 178 valence electrons. The predicted molar refractivity (Wildman–Crippen MR) is 126 cm³/mol. The molecule has 8 nitrogen and oxygen atoms in total. The molecule has 0 saturated carbocycles. The van der Waals surface area contributed by atoms with Crippen molar-refractivity contribution < 1.29 is 22.7 Å². The monoisotopic (exact) mass is 491 g/mol. The molecule has 2 saturated heterocycles. The van der Waals surface area contributed by atoms with Gasteiger partial charge in [-0.25, -0.2) is 8.42 Å². The van der Waals surface area contributed by atoms with Crippen LogP contribution in [-0.2, 0) is 14.8 Å². The summed E-state index contributed by atoms with van der Waals surface area (Å²) in [7, 11) is -2.10. The fraction of sp³-hybridized carbons (Fsp3) is 0.478. The molecule has 2 fully saturated rings. The first-order valence-electron chi connectivity index (χ1n) is 11.2. The molecule has 0 aliphatic carbocycles. The minimum atomic E-state index is -3.63. The fourth-order valence-electron chi connectivity index (χ4n) is 4.48. The van der Waals surface area contributed by atoms with Gasteiger partial charge in [-0.05, 0) is 67.3 Å². The number of likely N-dealkylation sites (tertiary alicyclic amines) is 1. The molecule has 0 bridgehead atoms. The average molecular weight is 492 g/mol. The molecule has 4 rings (SSSR count). The number of hydrogen-bond acceptors (Lipinski definition) is 6. The molecule has 10 heteroatoms. The lowest BCUT2D eigenvalue weighted by Gasteiger charge is -2.36. The summed E-state index contributed by atoms with van der Waals surface area (Å²) in [4.78, 5) is 28.6. The molecule has 1 N–H and O–H groups in total. The second-order valence-electron chi connectivity index (χ2n) is 8.38. The maximum atomic E-state index is 13.3. The van der Waals surface area contributed by atoms with Crippen LogP contribution in [0.3, 0.4) is 0 Å². The van der Waals surface area contributed by atoms with Crippen molar-refractivity contribution in [3.8, 4) is 5.75 Å². The van der Waals surface area contributed by atoms with Gasteiger partial charge >= 0.3 is 0 Å². The number of amides is 2. The normalized spacial score (nSPS) is 18.8. The Kier molecular flexibility index (Phi) is 7.35. The number of sulfonamides is 1. The molecule has 0 unspecified atom stereocenters. The minimum Gasteiger partial charge on any atom is -0.497 e. The van der Waals surface area contributed by atoms with Gasteiger partial charge in [-0.3, -0.25) is 9.59 Å². The molecule has 33 heavy (non-hydrogen) atoms. The summed E-state index contributed by atoms with van der Waals surface area (Å²) in [5, 5.41) is 4.79. The Balaban J connectivity index is 1.46. The summed E-state index contributed by atoms with van der Waals surface area (Å²) in [6.45, 7) is 2.01. The standard InChI is InChI=1S/C23H29N3O5S2/c1-31-18-6-8-19(9-7-18)33(29,30)26-14-10-17(11-15-26)21(23(28)25-12-2-3-13-25)24-22(27)20-5-4-16-32-20/h4-9,16-17,21H,2-3,10-15H2,1H3,(H,24,27)/t21-/m1/s1. The number of hydrogen-bond donors (Lipinski definition) is 1. The molecule has 3 heterocycles. The van der Waals surface area contributed by atoms with Crippen molar-refractivity contribution in [2.45, 2.75) is 36.6 Å². The van der Waals surface area contributed by atoms with Crippen LogP contribution in [0, 0.1) is 5.92 Å². The molecule has 1 aromatic heterocycles. The number of piperidine rings is 1. The van der Waals surface area contributed by atoms with E-state index >= 15 is 0 Å². The van der Waals surface area contributed by atoms with Crippen LogP contribution in [0.2, 0.25) is 0 Å². The van der Waals surface area contributed by atoms with E-state index in [1.54, 1.807) is 36.4 Å². The highest BCUT2D eigenvalue weighted by Crippen LogP contribution is 2.28. The van der Waals surface area contributed by atoms with Crippen molar-refractivity contribution in [2.75, 3.05) is 33.3 Å². The number of nitrogens with one attached hydrogen (secondary N) is 1. The summed E-state index contributed by atoms with van der Waals surface area (Å²) in [5.41, 5.74) is 0. The first-order chi connectivity index (χ1) is 15.9. The van der Waals surface area contributed by atoms with Crippen LogP contribution in [0.25, 0.3) is 0 Å². The van der Waals surface area contributed by atoms with E-state index in [-0.39, 0.29) is 22.6 Å². The number of benzene rings is 1. The zero-order valence-electron chi connectivity index (χ0n) is 18.6. The van der Waals surface area contributed by atoms with Crippen LogP contribution < -0.4 is 10.1 Å². The highest BCUT2D eigenvalue weighted by Gasteiger charge is 2.38. The Morgan fingerprint density at radius 3 is 2.30 bits per heavy atom. The molecule has 2 aromatic rings. The average Bonchev–Trinajstić information content (AvgIpc) is 3.57. The van der Waals surface area contributed by atoms with Gasteiger partial charge in [0.25, 0.3) is 5.91 Å². The van der Waals surface area contributed by atoms with Crippen molar-refractivity contribution in [2.24, 2.45) is 5.92 Å². The number of thiophene rings is 1. The summed E-state index contributed by atoms with van der Waals surface area (Å²) in [5.74, 6) is 0.159. The van der Waals surface area contributed by atoms with Crippen molar-refractivity contribution >= 4 is 33.2 Å². The van der Waals surface area contributed by atoms with Gasteiger partial charge in [0.15, 0.2) is 0 Å². The summed E-state index contributed by atoms with van der Waals surface area (Å²) < 4.78 is 32.7. The van der Waals surface area contributed by atoms with E-state index in [1.807, 2.05) is 10.3 Å². The van der Waals surface area contributed by atoms with Crippen molar-refractivity contribution in [3.63, 3.8) is 0 Å². The molecule has 2 aliphatic rings. The number of carbonyl (C=O) groups excluding carboxylic acids is 2. The smallest absolute Gasteiger partial charge is 0.262 e. The van der Waals surface area contributed by atoms with E-state index < -0.39 is 16.1 Å². The molecule has 1 atom stereocenters. The van der Waals surface area contributed by atoms with Gasteiger partial charge in [0, 0.05) is 26.2 Å². The second-order valence-corrected chi connectivity index (χ2v) is 11.3. The lowest BCUT2D eigenvalue weighted by molar-refractivity contribution is -0.133. The largest absolute Gasteiger partial charge is 0.497 e. The number of nitrogens with zero attached hydrogens (tertiary/aromatic N) is 2. The molecule has 1 aromatic carbocycles. The zero-order chi connectivity index (χ0) is 23.4. The lowest BCUT2D eigenvalue weighted by atomic mass is 9.89. The minimum absolute atomic E-state index is 0.0612. The van der Waals surface area contributed by atoms with Crippen molar-refractivity contribution in [1.82, 2.24) is 14.5 Å². The Morgan fingerprint density at radius 1 is 1.06 bits per heavy atom. The zero-order valence-corrected chi connectivity index (χ0v) is 20.2. The number of methoxy groups -OCH3 is 1. The van der Waals surface area contributed by atoms with Gasteiger partial charge in [-0.2, -0.15) is 4.31 Å². The maximum Gasteiger partial charge on any atom is 0.262 e. The van der Waals surface area contributed by atoms with Gasteiger partial charge in [0.2, 0.25) is 15.9 Å². The van der Waals surface area contributed by atoms with Gasteiger partial charge in [0.05, 0.1) is 16.9 Å². The number of ether oxygens (including phenoxy) is 1. The third-order valence-electron chi connectivity index (χ3n) is 6.38. The molecular weight excluding hydrogens is 462 g/mol. The topological polar surface area (TPSA) is 96.0 Å². The van der Waals surface area contributed by atoms with E-state index in [2.05, 4.69) is 5.32 Å². The van der Waals surface area contributed by atoms with E-state index in [9.17, 15) is 18.0 Å². The fourth-order valence-corrected chi connectivity index (χ4v) is 6.58. The van der Waals surface area contributed by atoms with Crippen LogP contribution in [0.15, 0.2) is 46.7 Å². The lowest BCUT2D eigenvalue weighted by Crippen LogP contribution is -2.54. The van der Waals surface area contributed by atoms with Crippen LogP contribution in [0.5, 0.6) is 5.75 Å². The molecule has 0 radical (unpaired) electrons. The summed E-state index contributed by atoms with van der Waals surface area (Å²) >= 11 is 1.33. The molecular formula is C23H29N3O5S2. The van der Waals surface area contributed by atoms with Crippen LogP contribution >= 0.6 is 11.3 Å². The highest BCUT2D eigenvalue weighted by atomic mass is 32.2. The Labute approximate surface area is 198 Å². The first-order valence-corrected chi connectivity index (χ1v) is 13.5. The Hall–Kier alpha value is -2.43. The van der Waals surface area contributed by atoms with Gasteiger partial charge in [-0.15, -0.1) is 11.3 Å². The van der Waals surface area contributed by atoms with Gasteiger partial charge < -0.3 is 15.0 Å². The van der Waals surface area contributed by atoms with Crippen LogP contribution in [0.4, 0.5) is 0 Å². The Morgan fingerprint density at radius 2 is 1.73 bits per heavy atom. The molecule has 2 amide bonds.